The summed E-state index contributed by atoms with van der Waals surface area (Å²) in [6.07, 6.45) is 11.6. The summed E-state index contributed by atoms with van der Waals surface area (Å²) in [5.74, 6) is 0. The maximum absolute atomic E-state index is 13.3. The zero-order valence-electron chi connectivity index (χ0n) is 19.4. The van der Waals surface area contributed by atoms with Gasteiger partial charge in [-0.25, -0.2) is 4.98 Å². The van der Waals surface area contributed by atoms with Crippen molar-refractivity contribution in [3.8, 4) is 0 Å². The number of rotatable bonds is 6. The molecule has 1 fully saturated rings. The fourth-order valence-electron chi connectivity index (χ4n) is 5.90. The summed E-state index contributed by atoms with van der Waals surface area (Å²) < 4.78 is 1.70. The van der Waals surface area contributed by atoms with E-state index in [9.17, 15) is 4.79 Å². The van der Waals surface area contributed by atoms with Gasteiger partial charge in [-0.1, -0.05) is 49.2 Å². The van der Waals surface area contributed by atoms with Gasteiger partial charge < -0.3 is 5.32 Å². The van der Waals surface area contributed by atoms with Crippen LogP contribution in [0.15, 0.2) is 65.8 Å². The quantitative estimate of drug-likeness (QED) is 0.437. The Kier molecular flexibility index (Phi) is 5.79. The summed E-state index contributed by atoms with van der Waals surface area (Å²) >= 11 is 1.71. The van der Waals surface area contributed by atoms with Crippen molar-refractivity contribution in [2.45, 2.75) is 62.9 Å². The maximum atomic E-state index is 13.3. The van der Waals surface area contributed by atoms with Crippen molar-refractivity contribution in [2.24, 2.45) is 0 Å². The third-order valence-corrected chi connectivity index (χ3v) is 8.93. The largest absolute Gasteiger partial charge is 0.313 e. The van der Waals surface area contributed by atoms with Crippen LogP contribution in [0.4, 0.5) is 0 Å². The van der Waals surface area contributed by atoms with Gasteiger partial charge in [0.15, 0.2) is 0 Å². The van der Waals surface area contributed by atoms with E-state index in [0.717, 1.165) is 41.7 Å². The fourth-order valence-corrected chi connectivity index (χ4v) is 7.16. The molecule has 2 aliphatic carbocycles. The van der Waals surface area contributed by atoms with Gasteiger partial charge in [-0.05, 0) is 55.4 Å². The lowest BCUT2D eigenvalue weighted by molar-refractivity contribution is 0.357. The van der Waals surface area contributed by atoms with Gasteiger partial charge in [-0.2, -0.15) is 0 Å². The minimum absolute atomic E-state index is 0.0635. The number of benzene rings is 1. The molecule has 174 valence electrons. The van der Waals surface area contributed by atoms with E-state index in [1.54, 1.807) is 28.4 Å². The van der Waals surface area contributed by atoms with Gasteiger partial charge in [0.05, 0.1) is 24.0 Å². The number of fused-ring (bicyclic) bond motifs is 3. The molecule has 0 saturated heterocycles. The van der Waals surface area contributed by atoms with Crippen LogP contribution in [-0.4, -0.2) is 27.1 Å². The van der Waals surface area contributed by atoms with E-state index < -0.39 is 0 Å². The van der Waals surface area contributed by atoms with E-state index in [1.165, 1.54) is 41.7 Å². The van der Waals surface area contributed by atoms with Gasteiger partial charge >= 0.3 is 0 Å². The predicted molar refractivity (Wildman–Crippen MR) is 138 cm³/mol. The first kappa shape index (κ1) is 21.7. The van der Waals surface area contributed by atoms with Gasteiger partial charge in [0.25, 0.3) is 5.56 Å². The van der Waals surface area contributed by atoms with Crippen molar-refractivity contribution < 1.29 is 0 Å². The molecule has 0 unspecified atom stereocenters. The number of aromatic nitrogens is 3. The van der Waals surface area contributed by atoms with Crippen LogP contribution in [0.3, 0.4) is 0 Å². The Morgan fingerprint density at radius 3 is 2.68 bits per heavy atom. The van der Waals surface area contributed by atoms with Gasteiger partial charge in [0.2, 0.25) is 0 Å². The van der Waals surface area contributed by atoms with Crippen molar-refractivity contribution in [1.82, 2.24) is 19.9 Å². The maximum Gasteiger partial charge on any atom is 0.262 e. The van der Waals surface area contributed by atoms with Gasteiger partial charge in [-0.15, -0.1) is 11.3 Å². The van der Waals surface area contributed by atoms with Gasteiger partial charge in [0, 0.05) is 29.1 Å². The molecule has 0 amide bonds. The highest BCUT2D eigenvalue weighted by Gasteiger charge is 2.36. The lowest BCUT2D eigenvalue weighted by atomic mass is 9.78. The molecule has 0 aliphatic heterocycles. The Morgan fingerprint density at radius 2 is 1.88 bits per heavy atom. The summed E-state index contributed by atoms with van der Waals surface area (Å²) in [6, 6.07) is 17.3. The second-order valence-corrected chi connectivity index (χ2v) is 10.9. The minimum atomic E-state index is 0.0635. The number of nitrogens with one attached hydrogen (secondary N) is 1. The van der Waals surface area contributed by atoms with Crippen molar-refractivity contribution in [1.29, 1.82) is 0 Å². The summed E-state index contributed by atoms with van der Waals surface area (Å²) in [7, 11) is 0. The molecule has 1 saturated carbocycles. The standard InChI is InChI=1S/C28H30N4OS/c33-27-25-23-12-11-21(30-18-28(13-5-6-14-28)20-8-2-1-3-9-20)16-24(23)34-26(25)31-19-32(27)17-22-10-4-7-15-29-22/h1-4,7-10,15,19,21,30H,5-6,11-14,16-18H2/t21-/m1/s1. The summed E-state index contributed by atoms with van der Waals surface area (Å²) in [6.45, 7) is 1.50. The van der Waals surface area contributed by atoms with Crippen molar-refractivity contribution in [3.63, 3.8) is 0 Å². The lowest BCUT2D eigenvalue weighted by Crippen LogP contribution is -2.43. The fraction of sp³-hybridized carbons (Fsp3) is 0.393. The second kappa shape index (κ2) is 9.08. The average molecular weight is 471 g/mol. The van der Waals surface area contributed by atoms with Crippen LogP contribution in [0.25, 0.3) is 10.2 Å². The molecular formula is C28H30N4OS. The summed E-state index contributed by atoms with van der Waals surface area (Å²) in [5, 5.41) is 4.77. The first-order valence-electron chi connectivity index (χ1n) is 12.4. The third-order valence-electron chi connectivity index (χ3n) is 7.77. The van der Waals surface area contributed by atoms with Crippen molar-refractivity contribution in [2.75, 3.05) is 6.54 Å². The summed E-state index contributed by atoms with van der Waals surface area (Å²) in [5.41, 5.74) is 3.91. The molecular weight excluding hydrogens is 440 g/mol. The Morgan fingerprint density at radius 1 is 1.06 bits per heavy atom. The highest BCUT2D eigenvalue weighted by atomic mass is 32.1. The van der Waals surface area contributed by atoms with Gasteiger partial charge in [-0.3, -0.25) is 14.3 Å². The first-order valence-corrected chi connectivity index (χ1v) is 13.2. The number of hydrogen-bond donors (Lipinski definition) is 1. The summed E-state index contributed by atoms with van der Waals surface area (Å²) in [4.78, 5) is 24.6. The highest BCUT2D eigenvalue weighted by Crippen LogP contribution is 2.41. The van der Waals surface area contributed by atoms with E-state index in [0.29, 0.717) is 12.6 Å². The smallest absolute Gasteiger partial charge is 0.262 e. The molecule has 4 aromatic rings. The molecule has 5 nitrogen and oxygen atoms in total. The molecule has 34 heavy (non-hydrogen) atoms. The predicted octanol–water partition coefficient (Wildman–Crippen LogP) is 4.86. The first-order chi connectivity index (χ1) is 16.7. The van der Waals surface area contributed by atoms with E-state index in [4.69, 9.17) is 0 Å². The molecule has 0 spiro atoms. The molecule has 3 heterocycles. The SMILES string of the molecule is O=c1c2c3c(sc2ncn1Cc1ccccn1)C[C@H](NCC1(c2ccccc2)CCCC1)CC3. The Hall–Kier alpha value is -2.83. The van der Waals surface area contributed by atoms with E-state index in [2.05, 4.69) is 45.6 Å². The van der Waals surface area contributed by atoms with Crippen LogP contribution in [-0.2, 0) is 24.8 Å². The number of pyridine rings is 1. The van der Waals surface area contributed by atoms with Crippen molar-refractivity contribution >= 4 is 21.6 Å². The van der Waals surface area contributed by atoms with Crippen LogP contribution < -0.4 is 10.9 Å². The molecule has 1 aromatic carbocycles. The lowest BCUT2D eigenvalue weighted by Gasteiger charge is -2.33. The molecule has 3 aromatic heterocycles. The average Bonchev–Trinajstić information content (AvgIpc) is 3.51. The minimum Gasteiger partial charge on any atom is -0.313 e. The topological polar surface area (TPSA) is 59.8 Å². The highest BCUT2D eigenvalue weighted by molar-refractivity contribution is 7.18. The molecule has 0 radical (unpaired) electrons. The molecule has 1 N–H and O–H groups in total. The zero-order valence-corrected chi connectivity index (χ0v) is 20.2. The van der Waals surface area contributed by atoms with Crippen LogP contribution >= 0.6 is 11.3 Å². The van der Waals surface area contributed by atoms with Crippen molar-refractivity contribution in [3.05, 3.63) is 93.1 Å². The molecule has 6 heteroatoms. The van der Waals surface area contributed by atoms with E-state index >= 15 is 0 Å². The monoisotopic (exact) mass is 470 g/mol. The Balaban J connectivity index is 1.21. The van der Waals surface area contributed by atoms with E-state index in [1.807, 2.05) is 18.2 Å². The Bertz CT molecular complexity index is 1340. The van der Waals surface area contributed by atoms with Gasteiger partial charge in [0.1, 0.15) is 4.83 Å². The zero-order chi connectivity index (χ0) is 23.0. The number of nitrogens with zero attached hydrogens (tertiary/aromatic N) is 3. The number of aryl methyl sites for hydroxylation is 1. The molecule has 2 aliphatic rings. The van der Waals surface area contributed by atoms with Crippen LogP contribution in [0.2, 0.25) is 0 Å². The Labute approximate surface area is 203 Å². The second-order valence-electron chi connectivity index (χ2n) is 9.86. The molecule has 0 bridgehead atoms. The van der Waals surface area contributed by atoms with Crippen LogP contribution in [0, 0.1) is 0 Å². The molecule has 6 rings (SSSR count). The third kappa shape index (κ3) is 3.99. The normalized spacial score (nSPS) is 19.4. The molecule has 1 atom stereocenters. The van der Waals surface area contributed by atoms with E-state index in [-0.39, 0.29) is 11.0 Å². The van der Waals surface area contributed by atoms with Crippen LogP contribution in [0.5, 0.6) is 0 Å². The number of hydrogen-bond acceptors (Lipinski definition) is 5. The van der Waals surface area contributed by atoms with Crippen LogP contribution in [0.1, 0.15) is 53.8 Å². The number of thiophene rings is 1.